The molecule has 0 radical (unpaired) electrons. The Bertz CT molecular complexity index is 540. The number of ether oxygens (including phenoxy) is 1. The summed E-state index contributed by atoms with van der Waals surface area (Å²) in [5, 5.41) is 0. The maximum Gasteiger partial charge on any atom is 0.325 e. The van der Waals surface area contributed by atoms with Gasteiger partial charge in [-0.3, -0.25) is 0 Å². The van der Waals surface area contributed by atoms with Crippen molar-refractivity contribution in [2.24, 2.45) is 0 Å². The van der Waals surface area contributed by atoms with Gasteiger partial charge in [0.1, 0.15) is 16.2 Å². The smallest absolute Gasteiger partial charge is 0.325 e. The largest absolute Gasteiger partial charge is 0.424 e. The number of nitrogens with zero attached hydrogens (tertiary/aromatic N) is 2. The maximum absolute atomic E-state index is 5.61. The minimum Gasteiger partial charge on any atom is -0.424 e. The Morgan fingerprint density at radius 3 is 2.65 bits per heavy atom. The first-order chi connectivity index (χ1) is 8.04. The van der Waals surface area contributed by atoms with Crippen LogP contribution in [0.15, 0.2) is 33.3 Å². The van der Waals surface area contributed by atoms with E-state index >= 15 is 0 Å². The van der Waals surface area contributed by atoms with E-state index < -0.39 is 0 Å². The van der Waals surface area contributed by atoms with Gasteiger partial charge < -0.3 is 10.5 Å². The van der Waals surface area contributed by atoms with Gasteiger partial charge in [-0.15, -0.1) is 0 Å². The molecule has 2 rings (SSSR count). The second-order valence-corrected chi connectivity index (χ2v) is 5.14. The van der Waals surface area contributed by atoms with E-state index in [4.69, 9.17) is 10.5 Å². The molecule has 1 heterocycles. The lowest BCUT2D eigenvalue weighted by Crippen LogP contribution is -1.97. The molecule has 4 nitrogen and oxygen atoms in total. The van der Waals surface area contributed by atoms with Crippen LogP contribution in [-0.4, -0.2) is 9.97 Å². The van der Waals surface area contributed by atoms with Gasteiger partial charge >= 0.3 is 6.01 Å². The number of benzene rings is 1. The zero-order chi connectivity index (χ0) is 12.4. The highest BCUT2D eigenvalue weighted by Crippen LogP contribution is 2.27. The highest BCUT2D eigenvalue weighted by molar-refractivity contribution is 9.10. The Kier molecular flexibility index (Phi) is 3.63. The third kappa shape index (κ3) is 3.17. The van der Waals surface area contributed by atoms with E-state index in [9.17, 15) is 0 Å². The van der Waals surface area contributed by atoms with E-state index in [-0.39, 0.29) is 6.01 Å². The maximum atomic E-state index is 5.61. The van der Waals surface area contributed by atoms with E-state index in [1.165, 1.54) is 0 Å². The first-order valence-corrected chi connectivity index (χ1v) is 6.37. The van der Waals surface area contributed by atoms with E-state index in [0.29, 0.717) is 16.2 Å². The van der Waals surface area contributed by atoms with Crippen molar-refractivity contribution >= 4 is 37.7 Å². The van der Waals surface area contributed by atoms with Crippen LogP contribution in [-0.2, 0) is 0 Å². The van der Waals surface area contributed by atoms with Gasteiger partial charge in [0.15, 0.2) is 0 Å². The minimum atomic E-state index is 0.220. The number of aryl methyl sites for hydroxylation is 1. The SMILES string of the molecule is Cc1ccc(Br)cc1Oc1nc(N)cc(Br)n1. The van der Waals surface area contributed by atoms with Crippen LogP contribution in [0.3, 0.4) is 0 Å². The van der Waals surface area contributed by atoms with Crippen molar-refractivity contribution in [1.29, 1.82) is 0 Å². The summed E-state index contributed by atoms with van der Waals surface area (Å²) in [6.45, 7) is 1.95. The molecule has 0 aliphatic heterocycles. The number of anilines is 1. The normalized spacial score (nSPS) is 10.3. The molecule has 17 heavy (non-hydrogen) atoms. The van der Waals surface area contributed by atoms with Gasteiger partial charge in [0.05, 0.1) is 0 Å². The minimum absolute atomic E-state index is 0.220. The van der Waals surface area contributed by atoms with Crippen LogP contribution in [0.2, 0.25) is 0 Å². The number of halogens is 2. The molecule has 2 aromatic rings. The van der Waals surface area contributed by atoms with E-state index in [1.54, 1.807) is 6.07 Å². The lowest BCUT2D eigenvalue weighted by atomic mass is 10.2. The molecule has 6 heteroatoms. The van der Waals surface area contributed by atoms with Crippen molar-refractivity contribution in [3.63, 3.8) is 0 Å². The highest BCUT2D eigenvalue weighted by Gasteiger charge is 2.06. The topological polar surface area (TPSA) is 61.0 Å². The second-order valence-electron chi connectivity index (χ2n) is 3.41. The average molecular weight is 359 g/mol. The van der Waals surface area contributed by atoms with Crippen molar-refractivity contribution in [3.05, 3.63) is 38.9 Å². The van der Waals surface area contributed by atoms with Crippen molar-refractivity contribution < 1.29 is 4.74 Å². The van der Waals surface area contributed by atoms with Crippen LogP contribution in [0.25, 0.3) is 0 Å². The molecular weight excluding hydrogens is 350 g/mol. The van der Waals surface area contributed by atoms with Crippen LogP contribution < -0.4 is 10.5 Å². The zero-order valence-electron chi connectivity index (χ0n) is 8.95. The lowest BCUT2D eigenvalue weighted by molar-refractivity contribution is 0.438. The number of rotatable bonds is 2. The molecule has 0 aliphatic rings. The molecule has 0 spiro atoms. The second kappa shape index (κ2) is 5.01. The Morgan fingerprint density at radius 2 is 1.94 bits per heavy atom. The lowest BCUT2D eigenvalue weighted by Gasteiger charge is -2.08. The van der Waals surface area contributed by atoms with Gasteiger partial charge in [0.25, 0.3) is 0 Å². The molecule has 1 aromatic carbocycles. The summed E-state index contributed by atoms with van der Waals surface area (Å²) in [6, 6.07) is 7.58. The number of hydrogen-bond acceptors (Lipinski definition) is 4. The molecule has 0 atom stereocenters. The predicted molar refractivity (Wildman–Crippen MR) is 73.1 cm³/mol. The van der Waals surface area contributed by atoms with Crippen LogP contribution in [0.4, 0.5) is 5.82 Å². The van der Waals surface area contributed by atoms with Gasteiger partial charge in [-0.2, -0.15) is 9.97 Å². The molecule has 0 saturated heterocycles. The Balaban J connectivity index is 2.34. The Morgan fingerprint density at radius 1 is 1.18 bits per heavy atom. The molecule has 0 amide bonds. The van der Waals surface area contributed by atoms with Crippen molar-refractivity contribution in [1.82, 2.24) is 9.97 Å². The molecule has 0 aliphatic carbocycles. The summed E-state index contributed by atoms with van der Waals surface area (Å²) >= 11 is 6.62. The first-order valence-electron chi connectivity index (χ1n) is 4.78. The monoisotopic (exact) mass is 357 g/mol. The quantitative estimate of drug-likeness (QED) is 0.831. The number of nitrogen functional groups attached to an aromatic ring is 1. The molecule has 0 bridgehead atoms. The van der Waals surface area contributed by atoms with Gasteiger partial charge in [0, 0.05) is 10.5 Å². The Labute approximate surface area is 115 Å². The summed E-state index contributed by atoms with van der Waals surface area (Å²) in [5.41, 5.74) is 6.61. The summed E-state index contributed by atoms with van der Waals surface area (Å²) in [4.78, 5) is 8.09. The number of hydrogen-bond donors (Lipinski definition) is 1. The number of aromatic nitrogens is 2. The molecule has 0 fully saturated rings. The summed E-state index contributed by atoms with van der Waals surface area (Å²) < 4.78 is 7.11. The van der Waals surface area contributed by atoms with Crippen molar-refractivity contribution in [2.75, 3.05) is 5.73 Å². The summed E-state index contributed by atoms with van der Waals surface area (Å²) in [5.74, 6) is 1.05. The van der Waals surface area contributed by atoms with Gasteiger partial charge in [-0.25, -0.2) is 0 Å². The van der Waals surface area contributed by atoms with Crippen molar-refractivity contribution in [2.45, 2.75) is 6.92 Å². The van der Waals surface area contributed by atoms with E-state index in [0.717, 1.165) is 10.0 Å². The van der Waals surface area contributed by atoms with Crippen LogP contribution >= 0.6 is 31.9 Å². The fourth-order valence-corrected chi connectivity index (χ4v) is 1.97. The van der Waals surface area contributed by atoms with Crippen LogP contribution in [0.1, 0.15) is 5.56 Å². The molecule has 88 valence electrons. The van der Waals surface area contributed by atoms with E-state index in [1.807, 2.05) is 25.1 Å². The van der Waals surface area contributed by atoms with Crippen molar-refractivity contribution in [3.8, 4) is 11.8 Å². The third-order valence-electron chi connectivity index (χ3n) is 2.05. The van der Waals surface area contributed by atoms with Gasteiger partial charge in [-0.1, -0.05) is 22.0 Å². The fraction of sp³-hybridized carbons (Fsp3) is 0.0909. The molecular formula is C11H9Br2N3O. The predicted octanol–water partition coefficient (Wildman–Crippen LogP) is 3.68. The summed E-state index contributed by atoms with van der Waals surface area (Å²) in [6.07, 6.45) is 0. The van der Waals surface area contributed by atoms with Gasteiger partial charge in [0.2, 0.25) is 0 Å². The fourth-order valence-electron chi connectivity index (χ4n) is 1.24. The Hall–Kier alpha value is -1.14. The van der Waals surface area contributed by atoms with Gasteiger partial charge in [-0.05, 0) is 40.5 Å². The molecule has 1 aromatic heterocycles. The highest BCUT2D eigenvalue weighted by atomic mass is 79.9. The first kappa shape index (κ1) is 12.3. The zero-order valence-corrected chi connectivity index (χ0v) is 12.1. The molecule has 0 saturated carbocycles. The van der Waals surface area contributed by atoms with E-state index in [2.05, 4.69) is 41.8 Å². The van der Waals surface area contributed by atoms with Crippen LogP contribution in [0.5, 0.6) is 11.8 Å². The molecule has 0 unspecified atom stereocenters. The summed E-state index contributed by atoms with van der Waals surface area (Å²) in [7, 11) is 0. The van der Waals surface area contributed by atoms with Crippen LogP contribution in [0, 0.1) is 6.92 Å². The average Bonchev–Trinajstić information content (AvgIpc) is 2.22. The third-order valence-corrected chi connectivity index (χ3v) is 2.95. The molecule has 2 N–H and O–H groups in total. The standard InChI is InChI=1S/C11H9Br2N3O/c1-6-2-3-7(12)4-8(6)17-11-15-9(13)5-10(14)16-11/h2-5H,1H3,(H2,14,15,16). The number of nitrogens with two attached hydrogens (primary N) is 1.